The first-order chi connectivity index (χ1) is 13.9. The number of carbonyl (C=O) groups is 3. The molecule has 3 aliphatic heterocycles. The maximum Gasteiger partial charge on any atom is 0.224 e. The van der Waals surface area contributed by atoms with E-state index in [0.29, 0.717) is 39.0 Å². The minimum absolute atomic E-state index is 0.0229. The standard InChI is InChI=1S/C22H30N4O3/c1-16(27)23-22-9-12-25(13-19(22)14-26(15-22)17(2)28)21(29)8-11-24-10-7-18-5-3-4-6-20(18)24/h3-6,19H,7-15H2,1-2H3,(H,23,27)/t19-,22-/m1/s1. The summed E-state index contributed by atoms with van der Waals surface area (Å²) in [5.74, 6) is 0.190. The summed E-state index contributed by atoms with van der Waals surface area (Å²) in [5, 5.41) is 3.11. The molecule has 2 atom stereocenters. The Morgan fingerprint density at radius 3 is 2.62 bits per heavy atom. The molecule has 7 nitrogen and oxygen atoms in total. The molecule has 0 radical (unpaired) electrons. The van der Waals surface area contributed by atoms with Crippen LogP contribution in [0.5, 0.6) is 0 Å². The fourth-order valence-corrected chi connectivity index (χ4v) is 5.23. The Balaban J connectivity index is 1.38. The normalized spacial score (nSPS) is 25.6. The molecule has 0 bridgehead atoms. The van der Waals surface area contributed by atoms with Crippen molar-refractivity contribution in [3.8, 4) is 0 Å². The summed E-state index contributed by atoms with van der Waals surface area (Å²) < 4.78 is 0. The van der Waals surface area contributed by atoms with Crippen molar-refractivity contribution in [3.05, 3.63) is 29.8 Å². The largest absolute Gasteiger partial charge is 0.370 e. The number of para-hydroxylation sites is 1. The maximum atomic E-state index is 12.9. The molecule has 0 spiro atoms. The van der Waals surface area contributed by atoms with Crippen LogP contribution in [0.2, 0.25) is 0 Å². The zero-order valence-electron chi connectivity index (χ0n) is 17.3. The van der Waals surface area contributed by atoms with Gasteiger partial charge in [-0.25, -0.2) is 0 Å². The third-order valence-electron chi connectivity index (χ3n) is 6.77. The predicted octanol–water partition coefficient (Wildman–Crippen LogP) is 1.02. The second-order valence-corrected chi connectivity index (χ2v) is 8.64. The molecule has 3 amide bonds. The van der Waals surface area contributed by atoms with Gasteiger partial charge < -0.3 is 20.0 Å². The minimum atomic E-state index is -0.401. The molecule has 3 heterocycles. The predicted molar refractivity (Wildman–Crippen MR) is 110 cm³/mol. The zero-order chi connectivity index (χ0) is 20.6. The van der Waals surface area contributed by atoms with Gasteiger partial charge in [0.1, 0.15) is 0 Å². The first-order valence-electron chi connectivity index (χ1n) is 10.5. The van der Waals surface area contributed by atoms with E-state index in [4.69, 9.17) is 0 Å². The number of piperidine rings is 1. The summed E-state index contributed by atoms with van der Waals surface area (Å²) in [4.78, 5) is 42.7. The molecule has 1 aromatic rings. The number of rotatable bonds is 4. The molecule has 1 aromatic carbocycles. The van der Waals surface area contributed by atoms with Gasteiger partial charge in [0, 0.05) is 71.1 Å². The SMILES string of the molecule is CC(=O)N[C@@]12CCN(C(=O)CCN3CCc4ccccc43)C[C@@H]1CN(C(C)=O)C2. The minimum Gasteiger partial charge on any atom is -0.370 e. The average Bonchev–Trinajstić information content (AvgIpc) is 3.26. The van der Waals surface area contributed by atoms with Gasteiger partial charge in [-0.05, 0) is 24.5 Å². The first-order valence-corrected chi connectivity index (χ1v) is 10.5. The van der Waals surface area contributed by atoms with E-state index in [9.17, 15) is 14.4 Å². The van der Waals surface area contributed by atoms with Gasteiger partial charge in [-0.2, -0.15) is 0 Å². The molecule has 2 fully saturated rings. The molecule has 4 rings (SSSR count). The quantitative estimate of drug-likeness (QED) is 0.822. The van der Waals surface area contributed by atoms with Gasteiger partial charge in [0.05, 0.1) is 5.54 Å². The number of hydrogen-bond acceptors (Lipinski definition) is 4. The van der Waals surface area contributed by atoms with Gasteiger partial charge in [-0.15, -0.1) is 0 Å². The smallest absolute Gasteiger partial charge is 0.224 e. The number of nitrogens with one attached hydrogen (secondary N) is 1. The summed E-state index contributed by atoms with van der Waals surface area (Å²) in [6.07, 6.45) is 2.22. The van der Waals surface area contributed by atoms with Gasteiger partial charge >= 0.3 is 0 Å². The summed E-state index contributed by atoms with van der Waals surface area (Å²) in [7, 11) is 0. The summed E-state index contributed by atoms with van der Waals surface area (Å²) in [6.45, 7) is 7.14. The zero-order valence-corrected chi connectivity index (χ0v) is 17.3. The highest BCUT2D eigenvalue weighted by Crippen LogP contribution is 2.36. The van der Waals surface area contributed by atoms with Gasteiger partial charge in [0.25, 0.3) is 0 Å². The van der Waals surface area contributed by atoms with Crippen molar-refractivity contribution >= 4 is 23.4 Å². The maximum absolute atomic E-state index is 12.9. The number of anilines is 1. The average molecular weight is 399 g/mol. The Bertz CT molecular complexity index is 826. The lowest BCUT2D eigenvalue weighted by molar-refractivity contribution is -0.134. The number of hydrogen-bond donors (Lipinski definition) is 1. The summed E-state index contributed by atoms with van der Waals surface area (Å²) >= 11 is 0. The second kappa shape index (κ2) is 7.69. The molecule has 156 valence electrons. The topological polar surface area (TPSA) is 73.0 Å². The van der Waals surface area contributed by atoms with Crippen LogP contribution in [0, 0.1) is 5.92 Å². The monoisotopic (exact) mass is 398 g/mol. The van der Waals surface area contributed by atoms with Crippen LogP contribution in [-0.2, 0) is 20.8 Å². The van der Waals surface area contributed by atoms with Gasteiger partial charge in [-0.3, -0.25) is 14.4 Å². The highest BCUT2D eigenvalue weighted by atomic mass is 16.2. The van der Waals surface area contributed by atoms with E-state index < -0.39 is 5.54 Å². The highest BCUT2D eigenvalue weighted by Gasteiger charge is 2.51. The summed E-state index contributed by atoms with van der Waals surface area (Å²) in [5.41, 5.74) is 2.20. The molecule has 0 saturated carbocycles. The second-order valence-electron chi connectivity index (χ2n) is 8.64. The van der Waals surface area contributed by atoms with Gasteiger partial charge in [0.2, 0.25) is 17.7 Å². The molecule has 0 aliphatic carbocycles. The number of amides is 3. The van der Waals surface area contributed by atoms with Crippen molar-refractivity contribution in [3.63, 3.8) is 0 Å². The summed E-state index contributed by atoms with van der Waals surface area (Å²) in [6, 6.07) is 8.40. The van der Waals surface area contributed by atoms with E-state index in [1.807, 2.05) is 11.0 Å². The van der Waals surface area contributed by atoms with E-state index in [2.05, 4.69) is 28.4 Å². The number of benzene rings is 1. The third kappa shape index (κ3) is 3.82. The molecule has 0 unspecified atom stereocenters. The van der Waals surface area contributed by atoms with Crippen LogP contribution in [-0.4, -0.2) is 72.3 Å². The van der Waals surface area contributed by atoms with Crippen LogP contribution in [0.1, 0.15) is 32.3 Å². The van der Waals surface area contributed by atoms with Crippen molar-refractivity contribution in [2.24, 2.45) is 5.92 Å². The van der Waals surface area contributed by atoms with E-state index in [-0.39, 0.29) is 23.6 Å². The van der Waals surface area contributed by atoms with Crippen LogP contribution in [0.4, 0.5) is 5.69 Å². The van der Waals surface area contributed by atoms with Crippen molar-refractivity contribution in [2.45, 2.75) is 38.6 Å². The molecule has 2 saturated heterocycles. The Labute approximate surface area is 172 Å². The number of fused-ring (bicyclic) bond motifs is 2. The molecule has 7 heteroatoms. The van der Waals surface area contributed by atoms with Gasteiger partial charge in [0.15, 0.2) is 0 Å². The van der Waals surface area contributed by atoms with Crippen LogP contribution in [0.15, 0.2) is 24.3 Å². The van der Waals surface area contributed by atoms with E-state index >= 15 is 0 Å². The Morgan fingerprint density at radius 2 is 1.86 bits per heavy atom. The van der Waals surface area contributed by atoms with Gasteiger partial charge in [-0.1, -0.05) is 18.2 Å². The van der Waals surface area contributed by atoms with E-state index in [1.54, 1.807) is 11.8 Å². The van der Waals surface area contributed by atoms with Crippen molar-refractivity contribution in [1.29, 1.82) is 0 Å². The Hall–Kier alpha value is -2.57. The van der Waals surface area contributed by atoms with Crippen LogP contribution >= 0.6 is 0 Å². The van der Waals surface area contributed by atoms with Crippen LogP contribution in [0.3, 0.4) is 0 Å². The fourth-order valence-electron chi connectivity index (χ4n) is 5.23. The Kier molecular flexibility index (Phi) is 5.23. The van der Waals surface area contributed by atoms with Crippen molar-refractivity contribution < 1.29 is 14.4 Å². The lowest BCUT2D eigenvalue weighted by Crippen LogP contribution is -2.61. The lowest BCUT2D eigenvalue weighted by Gasteiger charge is -2.43. The van der Waals surface area contributed by atoms with E-state index in [0.717, 1.165) is 19.5 Å². The number of nitrogens with zero attached hydrogens (tertiary/aromatic N) is 3. The molecular weight excluding hydrogens is 368 g/mol. The third-order valence-corrected chi connectivity index (χ3v) is 6.77. The van der Waals surface area contributed by atoms with Crippen molar-refractivity contribution in [1.82, 2.24) is 15.1 Å². The first kappa shape index (κ1) is 19.7. The molecule has 3 aliphatic rings. The number of likely N-dealkylation sites (tertiary alicyclic amines) is 2. The number of carbonyl (C=O) groups excluding carboxylic acids is 3. The molecule has 29 heavy (non-hydrogen) atoms. The fraction of sp³-hybridized carbons (Fsp3) is 0.591. The molecule has 0 aromatic heterocycles. The molecule has 1 N–H and O–H groups in total. The Morgan fingerprint density at radius 1 is 1.10 bits per heavy atom. The van der Waals surface area contributed by atoms with Crippen LogP contribution < -0.4 is 10.2 Å². The van der Waals surface area contributed by atoms with Crippen LogP contribution in [0.25, 0.3) is 0 Å². The van der Waals surface area contributed by atoms with E-state index in [1.165, 1.54) is 18.2 Å². The molecular formula is C22H30N4O3. The van der Waals surface area contributed by atoms with Crippen molar-refractivity contribution in [2.75, 3.05) is 44.2 Å². The lowest BCUT2D eigenvalue weighted by atomic mass is 9.80. The highest BCUT2D eigenvalue weighted by molar-refractivity contribution is 5.78.